The number of halogens is 3. The third kappa shape index (κ3) is 3.35. The Hall–Kier alpha value is -1.46. The lowest BCUT2D eigenvalue weighted by Crippen LogP contribution is -2.26. The predicted octanol–water partition coefficient (Wildman–Crippen LogP) is 3.91. The van der Waals surface area contributed by atoms with Crippen LogP contribution in [0.25, 0.3) is 0 Å². The van der Waals surface area contributed by atoms with E-state index < -0.39 is 5.82 Å². The highest BCUT2D eigenvalue weighted by Crippen LogP contribution is 2.21. The fraction of sp³-hybridized carbons (Fsp3) is 0.143. The Bertz CT molecular complexity index is 613. The molecular weight excluding hydrogens is 347 g/mol. The van der Waals surface area contributed by atoms with Gasteiger partial charge in [-0.2, -0.15) is 0 Å². The number of rotatable bonds is 3. The number of pyridine rings is 1. The lowest BCUT2D eigenvalue weighted by molar-refractivity contribution is 0.0783. The van der Waals surface area contributed by atoms with Crippen LogP contribution in [-0.2, 0) is 6.54 Å². The number of nitrogens with zero attached hydrogens (tertiary/aromatic N) is 2. The minimum Gasteiger partial charge on any atom is -0.337 e. The summed E-state index contributed by atoms with van der Waals surface area (Å²) in [7, 11) is 1.59. The Kier molecular flexibility index (Phi) is 4.73. The van der Waals surface area contributed by atoms with Crippen LogP contribution in [0.5, 0.6) is 0 Å². The van der Waals surface area contributed by atoms with Crippen LogP contribution in [0.3, 0.4) is 0 Å². The van der Waals surface area contributed by atoms with Crippen LogP contribution >= 0.6 is 27.5 Å². The molecule has 0 bridgehead atoms. The van der Waals surface area contributed by atoms with Gasteiger partial charge in [-0.3, -0.25) is 4.79 Å². The molecular formula is C14H11BrClFN2O. The second kappa shape index (κ2) is 6.33. The zero-order valence-electron chi connectivity index (χ0n) is 10.6. The van der Waals surface area contributed by atoms with Crippen LogP contribution in [0.15, 0.2) is 41.1 Å². The van der Waals surface area contributed by atoms with Crippen LogP contribution in [0, 0.1) is 5.82 Å². The van der Waals surface area contributed by atoms with Crippen LogP contribution in [0.2, 0.25) is 5.02 Å². The molecule has 0 aliphatic rings. The molecule has 0 spiro atoms. The van der Waals surface area contributed by atoms with Gasteiger partial charge in [-0.05, 0) is 40.2 Å². The van der Waals surface area contributed by atoms with Crippen molar-refractivity contribution in [2.45, 2.75) is 6.54 Å². The fourth-order valence-corrected chi connectivity index (χ4v) is 2.17. The van der Waals surface area contributed by atoms with Crippen molar-refractivity contribution in [1.82, 2.24) is 9.88 Å². The molecule has 0 unspecified atom stereocenters. The quantitative estimate of drug-likeness (QED) is 0.780. The standard InChI is InChI=1S/C14H11BrClFN2O/c1-19(8-10-11(16)3-2-4-12(10)17)14(20)9-5-6-13(15)18-7-9/h2-7H,8H2,1H3. The van der Waals surface area contributed by atoms with Crippen LogP contribution in [0.1, 0.15) is 15.9 Å². The Morgan fingerprint density at radius 2 is 2.15 bits per heavy atom. The Labute approximate surface area is 129 Å². The van der Waals surface area contributed by atoms with Crippen molar-refractivity contribution < 1.29 is 9.18 Å². The number of aromatic nitrogens is 1. The molecule has 0 aliphatic carbocycles. The molecule has 0 aliphatic heterocycles. The monoisotopic (exact) mass is 356 g/mol. The van der Waals surface area contributed by atoms with Gasteiger partial charge in [0.15, 0.2) is 0 Å². The van der Waals surface area contributed by atoms with Crippen molar-refractivity contribution in [1.29, 1.82) is 0 Å². The molecule has 0 fully saturated rings. The molecule has 104 valence electrons. The summed E-state index contributed by atoms with van der Waals surface area (Å²) in [5, 5.41) is 0.304. The highest BCUT2D eigenvalue weighted by Gasteiger charge is 2.16. The summed E-state index contributed by atoms with van der Waals surface area (Å²) in [5.74, 6) is -0.671. The van der Waals surface area contributed by atoms with Crippen molar-refractivity contribution >= 4 is 33.4 Å². The van der Waals surface area contributed by atoms with Gasteiger partial charge in [-0.15, -0.1) is 0 Å². The Balaban J connectivity index is 2.17. The van der Waals surface area contributed by atoms with E-state index >= 15 is 0 Å². The molecule has 2 aromatic rings. The third-order valence-electron chi connectivity index (χ3n) is 2.78. The summed E-state index contributed by atoms with van der Waals surface area (Å²) in [6, 6.07) is 7.78. The Morgan fingerprint density at radius 3 is 2.75 bits per heavy atom. The molecule has 3 nitrogen and oxygen atoms in total. The van der Waals surface area contributed by atoms with Gasteiger partial charge in [0.2, 0.25) is 0 Å². The van der Waals surface area contributed by atoms with Gasteiger partial charge in [0, 0.05) is 30.4 Å². The first-order valence-corrected chi connectivity index (χ1v) is 6.96. The maximum atomic E-state index is 13.7. The molecule has 0 saturated heterocycles. The number of hydrogen-bond donors (Lipinski definition) is 0. The van der Waals surface area contributed by atoms with Gasteiger partial charge in [0.1, 0.15) is 10.4 Å². The molecule has 0 radical (unpaired) electrons. The maximum absolute atomic E-state index is 13.7. The fourth-order valence-electron chi connectivity index (χ4n) is 1.72. The second-order valence-corrected chi connectivity index (χ2v) is 5.45. The molecule has 2 rings (SSSR count). The number of carbonyl (C=O) groups excluding carboxylic acids is 1. The SMILES string of the molecule is CN(Cc1c(F)cccc1Cl)C(=O)c1ccc(Br)nc1. The van der Waals surface area contributed by atoms with E-state index in [1.54, 1.807) is 25.2 Å². The molecule has 20 heavy (non-hydrogen) atoms. The van der Waals surface area contributed by atoms with E-state index in [9.17, 15) is 9.18 Å². The first kappa shape index (κ1) is 14.9. The highest BCUT2D eigenvalue weighted by atomic mass is 79.9. The number of amides is 1. The normalized spacial score (nSPS) is 10.4. The predicted molar refractivity (Wildman–Crippen MR) is 79.1 cm³/mol. The van der Waals surface area contributed by atoms with E-state index in [2.05, 4.69) is 20.9 Å². The van der Waals surface area contributed by atoms with Gasteiger partial charge in [-0.25, -0.2) is 9.37 Å². The van der Waals surface area contributed by atoms with Crippen molar-refractivity contribution in [3.8, 4) is 0 Å². The summed E-state index contributed by atoms with van der Waals surface area (Å²) in [6.07, 6.45) is 1.46. The topological polar surface area (TPSA) is 33.2 Å². The number of hydrogen-bond acceptors (Lipinski definition) is 2. The van der Waals surface area contributed by atoms with Gasteiger partial charge in [-0.1, -0.05) is 17.7 Å². The molecule has 0 saturated carbocycles. The lowest BCUT2D eigenvalue weighted by Gasteiger charge is -2.18. The van der Waals surface area contributed by atoms with Crippen molar-refractivity contribution in [2.75, 3.05) is 7.05 Å². The summed E-state index contributed by atoms with van der Waals surface area (Å²) in [5.41, 5.74) is 0.734. The van der Waals surface area contributed by atoms with Gasteiger partial charge in [0.25, 0.3) is 5.91 Å². The largest absolute Gasteiger partial charge is 0.337 e. The van der Waals surface area contributed by atoms with Gasteiger partial charge in [0.05, 0.1) is 5.56 Å². The summed E-state index contributed by atoms with van der Waals surface area (Å²) in [4.78, 5) is 17.6. The van der Waals surface area contributed by atoms with E-state index in [0.717, 1.165) is 0 Å². The third-order valence-corrected chi connectivity index (χ3v) is 3.60. The maximum Gasteiger partial charge on any atom is 0.255 e. The van der Waals surface area contributed by atoms with Crippen LogP contribution in [-0.4, -0.2) is 22.8 Å². The molecule has 1 heterocycles. The molecule has 1 amide bonds. The van der Waals surface area contributed by atoms with E-state index in [4.69, 9.17) is 11.6 Å². The van der Waals surface area contributed by atoms with Crippen LogP contribution in [0.4, 0.5) is 4.39 Å². The molecule has 1 aromatic heterocycles. The molecule has 6 heteroatoms. The minimum atomic E-state index is -0.425. The van der Waals surface area contributed by atoms with E-state index in [-0.39, 0.29) is 12.5 Å². The van der Waals surface area contributed by atoms with Gasteiger partial charge >= 0.3 is 0 Å². The zero-order chi connectivity index (χ0) is 14.7. The van der Waals surface area contributed by atoms with Gasteiger partial charge < -0.3 is 4.90 Å². The first-order valence-electron chi connectivity index (χ1n) is 5.79. The van der Waals surface area contributed by atoms with Crippen molar-refractivity contribution in [3.05, 3.63) is 63.1 Å². The molecule has 0 N–H and O–H groups in total. The summed E-state index contributed by atoms with van der Waals surface area (Å²) >= 11 is 9.15. The van der Waals surface area contributed by atoms with Crippen molar-refractivity contribution in [2.24, 2.45) is 0 Å². The van der Waals surface area contributed by atoms with E-state index in [1.807, 2.05) is 0 Å². The lowest BCUT2D eigenvalue weighted by atomic mass is 10.2. The number of benzene rings is 1. The first-order chi connectivity index (χ1) is 9.49. The summed E-state index contributed by atoms with van der Waals surface area (Å²) in [6.45, 7) is 0.0976. The second-order valence-electron chi connectivity index (χ2n) is 4.23. The average molecular weight is 358 g/mol. The molecule has 0 atom stereocenters. The average Bonchev–Trinajstić information content (AvgIpc) is 2.43. The molecule has 1 aromatic carbocycles. The minimum absolute atomic E-state index is 0.0976. The van der Waals surface area contributed by atoms with Crippen molar-refractivity contribution in [3.63, 3.8) is 0 Å². The van der Waals surface area contributed by atoms with Crippen LogP contribution < -0.4 is 0 Å². The van der Waals surface area contributed by atoms with E-state index in [1.165, 1.54) is 23.2 Å². The zero-order valence-corrected chi connectivity index (χ0v) is 12.9. The summed E-state index contributed by atoms with van der Waals surface area (Å²) < 4.78 is 14.3. The van der Waals surface area contributed by atoms with E-state index in [0.29, 0.717) is 20.8 Å². The highest BCUT2D eigenvalue weighted by molar-refractivity contribution is 9.10. The Morgan fingerprint density at radius 1 is 1.40 bits per heavy atom. The number of carbonyl (C=O) groups is 1. The smallest absolute Gasteiger partial charge is 0.255 e.